The first kappa shape index (κ1) is 33.4. The van der Waals surface area contributed by atoms with E-state index in [1.807, 2.05) is 24.3 Å². The molecule has 8 nitrogen and oxygen atoms in total. The molecule has 1 aliphatic carbocycles. The number of ether oxygens (including phenoxy) is 5. The van der Waals surface area contributed by atoms with Crippen LogP contribution in [0.2, 0.25) is 0 Å². The van der Waals surface area contributed by atoms with Crippen molar-refractivity contribution in [1.29, 1.82) is 0 Å². The quantitative estimate of drug-likeness (QED) is 0.0908. The molecule has 0 N–H and O–H groups in total. The van der Waals surface area contributed by atoms with E-state index in [1.165, 1.54) is 56.6 Å². The first-order valence-corrected chi connectivity index (χ1v) is 16.1. The van der Waals surface area contributed by atoms with Crippen molar-refractivity contribution in [2.24, 2.45) is 5.92 Å². The Morgan fingerprint density at radius 1 is 0.727 bits per heavy atom. The molecule has 0 bridgehead atoms. The van der Waals surface area contributed by atoms with Crippen LogP contribution in [0.1, 0.15) is 95.0 Å². The smallest absolute Gasteiger partial charge is 0.338 e. The summed E-state index contributed by atoms with van der Waals surface area (Å²) in [6.45, 7) is 7.64. The van der Waals surface area contributed by atoms with E-state index < -0.39 is 30.4 Å². The minimum atomic E-state index is -1.17. The molecule has 2 aromatic carbocycles. The second-order valence-electron chi connectivity index (χ2n) is 11.5. The molecular formula is C36H46O8. The average molecular weight is 607 g/mol. The predicted octanol–water partition coefficient (Wildman–Crippen LogP) is 7.22. The number of unbranched alkanes of at least 4 members (excludes halogenated alkanes) is 3. The maximum absolute atomic E-state index is 12.4. The Morgan fingerprint density at radius 3 is 1.77 bits per heavy atom. The van der Waals surface area contributed by atoms with E-state index in [1.54, 1.807) is 13.8 Å². The maximum Gasteiger partial charge on any atom is 0.338 e. The highest BCUT2D eigenvalue weighted by atomic mass is 16.8. The van der Waals surface area contributed by atoms with Crippen LogP contribution >= 0.6 is 0 Å². The van der Waals surface area contributed by atoms with Gasteiger partial charge in [-0.2, -0.15) is 0 Å². The molecule has 8 heteroatoms. The van der Waals surface area contributed by atoms with Crippen molar-refractivity contribution in [2.75, 3.05) is 19.8 Å². The van der Waals surface area contributed by atoms with Crippen molar-refractivity contribution in [3.05, 3.63) is 72.3 Å². The summed E-state index contributed by atoms with van der Waals surface area (Å²) >= 11 is 0. The summed E-state index contributed by atoms with van der Waals surface area (Å²) in [4.78, 5) is 35.9. The number of carbonyl (C=O) groups excluding carboxylic acids is 3. The second kappa shape index (κ2) is 17.1. The lowest BCUT2D eigenvalue weighted by atomic mass is 9.77. The molecule has 4 rings (SSSR count). The molecule has 0 spiro atoms. The van der Waals surface area contributed by atoms with Crippen molar-refractivity contribution < 1.29 is 38.1 Å². The summed E-state index contributed by atoms with van der Waals surface area (Å²) in [5, 5.41) is 0. The lowest BCUT2D eigenvalue weighted by Gasteiger charge is -2.29. The molecule has 0 amide bonds. The zero-order chi connectivity index (χ0) is 31.3. The third kappa shape index (κ3) is 9.26. The standard InChI is InChI=1S/C36H46O8/c1-4-31(37)42-24-10-8-7-9-11-25-12-14-26(15-13-25)27-16-18-28(19-17-27)29-20-22-30(23-21-29)36-43-32(34(38)40-5-2)33(44-36)35(39)41-6-3/h4,16-23,25-26,32-33,36H,1,5-15,24H2,2-3H3/t25-,26-,32-,33-/m1/s1. The van der Waals surface area contributed by atoms with Gasteiger partial charge in [0.2, 0.25) is 0 Å². The molecule has 0 aromatic heterocycles. The lowest BCUT2D eigenvalue weighted by molar-refractivity contribution is -0.163. The first-order valence-electron chi connectivity index (χ1n) is 16.1. The molecule has 1 saturated heterocycles. The van der Waals surface area contributed by atoms with Crippen LogP contribution in [0, 0.1) is 5.92 Å². The fraction of sp³-hybridized carbons (Fsp3) is 0.528. The number of hydrogen-bond donors (Lipinski definition) is 0. The van der Waals surface area contributed by atoms with Crippen LogP contribution in [0.4, 0.5) is 0 Å². The van der Waals surface area contributed by atoms with E-state index in [4.69, 9.17) is 23.7 Å². The first-order chi connectivity index (χ1) is 21.4. The number of benzene rings is 2. The van der Waals surface area contributed by atoms with Crippen LogP contribution in [-0.2, 0) is 38.1 Å². The summed E-state index contributed by atoms with van der Waals surface area (Å²) < 4.78 is 26.8. The Labute approximate surface area is 261 Å². The van der Waals surface area contributed by atoms with Gasteiger partial charge >= 0.3 is 17.9 Å². The van der Waals surface area contributed by atoms with E-state index in [9.17, 15) is 14.4 Å². The predicted molar refractivity (Wildman–Crippen MR) is 167 cm³/mol. The normalized spacial score (nSPS) is 21.9. The molecule has 44 heavy (non-hydrogen) atoms. The largest absolute Gasteiger partial charge is 0.464 e. The molecule has 0 radical (unpaired) electrons. The Hall–Kier alpha value is -3.49. The van der Waals surface area contributed by atoms with Gasteiger partial charge in [0.1, 0.15) is 0 Å². The number of carbonyl (C=O) groups is 3. The van der Waals surface area contributed by atoms with E-state index in [-0.39, 0.29) is 19.2 Å². The number of rotatable bonds is 15. The van der Waals surface area contributed by atoms with Gasteiger partial charge in [-0.05, 0) is 74.5 Å². The zero-order valence-electron chi connectivity index (χ0n) is 26.0. The SMILES string of the molecule is C=CC(=O)OCCCCCC[C@H]1CC[C@H](c2ccc(-c3ccc(C4O[C@@H](C(=O)OCC)[C@H](C(=O)OCC)O4)cc3)cc2)CC1. The van der Waals surface area contributed by atoms with Crippen LogP contribution < -0.4 is 0 Å². The second-order valence-corrected chi connectivity index (χ2v) is 11.5. The van der Waals surface area contributed by atoms with E-state index in [0.29, 0.717) is 18.1 Å². The molecule has 2 fully saturated rings. The average Bonchev–Trinajstić information content (AvgIpc) is 3.51. The minimum absolute atomic E-state index is 0.175. The van der Waals surface area contributed by atoms with Gasteiger partial charge in [0.25, 0.3) is 0 Å². The van der Waals surface area contributed by atoms with E-state index in [2.05, 4.69) is 30.8 Å². The van der Waals surface area contributed by atoms with Gasteiger partial charge in [-0.15, -0.1) is 0 Å². The van der Waals surface area contributed by atoms with Crippen molar-refractivity contribution in [3.63, 3.8) is 0 Å². The summed E-state index contributed by atoms with van der Waals surface area (Å²) in [6.07, 6.45) is 8.77. The van der Waals surface area contributed by atoms with Gasteiger partial charge in [-0.1, -0.05) is 80.8 Å². The fourth-order valence-corrected chi connectivity index (χ4v) is 6.09. The van der Waals surface area contributed by atoms with Crippen LogP contribution in [0.15, 0.2) is 61.2 Å². The Kier molecular flexibility index (Phi) is 13.0. The Bertz CT molecular complexity index is 1190. The molecule has 1 aliphatic heterocycles. The van der Waals surface area contributed by atoms with Crippen LogP contribution in [0.25, 0.3) is 11.1 Å². The fourth-order valence-electron chi connectivity index (χ4n) is 6.09. The van der Waals surface area contributed by atoms with E-state index >= 15 is 0 Å². The molecule has 1 heterocycles. The van der Waals surface area contributed by atoms with Crippen LogP contribution in [0.5, 0.6) is 0 Å². The molecule has 2 aromatic rings. The van der Waals surface area contributed by atoms with Gasteiger partial charge in [0.15, 0.2) is 18.5 Å². The highest BCUT2D eigenvalue weighted by Gasteiger charge is 2.47. The summed E-state index contributed by atoms with van der Waals surface area (Å²) in [5.41, 5.74) is 4.29. The van der Waals surface area contributed by atoms with E-state index in [0.717, 1.165) is 29.9 Å². The summed E-state index contributed by atoms with van der Waals surface area (Å²) in [6, 6.07) is 16.6. The zero-order valence-corrected chi connectivity index (χ0v) is 26.0. The van der Waals surface area contributed by atoms with Crippen molar-refractivity contribution in [1.82, 2.24) is 0 Å². The molecule has 238 valence electrons. The lowest BCUT2D eigenvalue weighted by Crippen LogP contribution is -2.39. The summed E-state index contributed by atoms with van der Waals surface area (Å²) in [7, 11) is 0. The molecule has 2 atom stereocenters. The van der Waals surface area contributed by atoms with Crippen molar-refractivity contribution in [2.45, 2.75) is 96.1 Å². The summed E-state index contributed by atoms with van der Waals surface area (Å²) in [5.74, 6) is -0.198. The van der Waals surface area contributed by atoms with Gasteiger partial charge < -0.3 is 23.7 Å². The molecular weight excluding hydrogens is 560 g/mol. The van der Waals surface area contributed by atoms with Crippen molar-refractivity contribution >= 4 is 17.9 Å². The monoisotopic (exact) mass is 606 g/mol. The van der Waals surface area contributed by atoms with Gasteiger partial charge in [0.05, 0.1) is 19.8 Å². The highest BCUT2D eigenvalue weighted by Crippen LogP contribution is 2.39. The maximum atomic E-state index is 12.4. The van der Waals surface area contributed by atoms with Crippen LogP contribution in [-0.4, -0.2) is 49.9 Å². The third-order valence-electron chi connectivity index (χ3n) is 8.52. The number of esters is 3. The minimum Gasteiger partial charge on any atom is -0.464 e. The van der Waals surface area contributed by atoms with Gasteiger partial charge in [0, 0.05) is 11.6 Å². The molecule has 2 aliphatic rings. The molecule has 1 saturated carbocycles. The Morgan fingerprint density at radius 2 is 1.25 bits per heavy atom. The highest BCUT2D eigenvalue weighted by molar-refractivity contribution is 5.86. The third-order valence-corrected chi connectivity index (χ3v) is 8.52. The van der Waals surface area contributed by atoms with Gasteiger partial charge in [-0.25, -0.2) is 14.4 Å². The van der Waals surface area contributed by atoms with Crippen LogP contribution in [0.3, 0.4) is 0 Å². The molecule has 0 unspecified atom stereocenters. The van der Waals surface area contributed by atoms with Crippen molar-refractivity contribution in [3.8, 4) is 11.1 Å². The number of hydrogen-bond acceptors (Lipinski definition) is 8. The topological polar surface area (TPSA) is 97.4 Å². The Balaban J connectivity index is 1.23. The van der Waals surface area contributed by atoms with Gasteiger partial charge in [-0.3, -0.25) is 0 Å².